The molecule has 0 aliphatic heterocycles. The van der Waals surface area contributed by atoms with Crippen molar-refractivity contribution in [2.75, 3.05) is 26.9 Å². The molecule has 3 N–H and O–H groups in total. The van der Waals surface area contributed by atoms with Crippen LogP contribution in [0.4, 0.5) is 0 Å². The molecule has 1 amide bonds. The molecular formula is C9H17NO6. The Balaban J connectivity index is 3.87. The number of methoxy groups -OCH3 is 1. The summed E-state index contributed by atoms with van der Waals surface area (Å²) in [7, 11) is 1.50. The number of hydrogen-bond donors (Lipinski definition) is 3. The highest BCUT2D eigenvalue weighted by Crippen LogP contribution is 1.93. The molecule has 0 fully saturated rings. The van der Waals surface area contributed by atoms with Crippen molar-refractivity contribution in [2.45, 2.75) is 19.1 Å². The van der Waals surface area contributed by atoms with Gasteiger partial charge in [-0.05, 0) is 6.92 Å². The van der Waals surface area contributed by atoms with Gasteiger partial charge in [0.25, 0.3) is 0 Å². The van der Waals surface area contributed by atoms with Crippen LogP contribution in [0.15, 0.2) is 0 Å². The third-order valence-corrected chi connectivity index (χ3v) is 1.73. The number of amides is 1. The number of aliphatic hydroxyl groups is 1. The zero-order valence-electron chi connectivity index (χ0n) is 9.30. The minimum absolute atomic E-state index is 0.246. The fourth-order valence-corrected chi connectivity index (χ4v) is 0.911. The van der Waals surface area contributed by atoms with E-state index in [4.69, 9.17) is 19.7 Å². The van der Waals surface area contributed by atoms with Crippen molar-refractivity contribution < 1.29 is 29.3 Å². The maximum Gasteiger partial charge on any atom is 0.328 e. The molecule has 0 saturated heterocycles. The number of nitrogens with one attached hydrogen (secondary N) is 1. The first-order valence-corrected chi connectivity index (χ1v) is 4.76. The first-order chi connectivity index (χ1) is 7.49. The predicted molar refractivity (Wildman–Crippen MR) is 53.9 cm³/mol. The summed E-state index contributed by atoms with van der Waals surface area (Å²) < 4.78 is 9.57. The van der Waals surface area contributed by atoms with Crippen molar-refractivity contribution in [3.63, 3.8) is 0 Å². The topological polar surface area (TPSA) is 105 Å². The molecule has 94 valence electrons. The SMILES string of the molecule is COCCOCC(=O)NC(C(=O)O)C(C)O. The van der Waals surface area contributed by atoms with Gasteiger partial charge in [-0.2, -0.15) is 0 Å². The van der Waals surface area contributed by atoms with Crippen LogP contribution in [0.2, 0.25) is 0 Å². The second-order valence-corrected chi connectivity index (χ2v) is 3.17. The van der Waals surface area contributed by atoms with Crippen molar-refractivity contribution in [1.82, 2.24) is 5.32 Å². The number of carboxylic acid groups (broad SMARTS) is 1. The molecule has 0 aromatic heterocycles. The van der Waals surface area contributed by atoms with Crippen LogP contribution in [0.5, 0.6) is 0 Å². The lowest BCUT2D eigenvalue weighted by Crippen LogP contribution is -2.48. The molecule has 0 bridgehead atoms. The molecule has 0 radical (unpaired) electrons. The fourth-order valence-electron chi connectivity index (χ4n) is 0.911. The molecule has 0 rings (SSSR count). The van der Waals surface area contributed by atoms with Gasteiger partial charge in [0, 0.05) is 7.11 Å². The summed E-state index contributed by atoms with van der Waals surface area (Å²) in [6.45, 7) is 1.62. The number of aliphatic carboxylic acids is 1. The fraction of sp³-hybridized carbons (Fsp3) is 0.778. The van der Waals surface area contributed by atoms with E-state index in [1.54, 1.807) is 0 Å². The number of ether oxygens (including phenoxy) is 2. The van der Waals surface area contributed by atoms with Crippen LogP contribution in [0.25, 0.3) is 0 Å². The van der Waals surface area contributed by atoms with Gasteiger partial charge in [-0.25, -0.2) is 4.79 Å². The third-order valence-electron chi connectivity index (χ3n) is 1.73. The van der Waals surface area contributed by atoms with E-state index in [-0.39, 0.29) is 13.2 Å². The Morgan fingerprint density at radius 3 is 2.44 bits per heavy atom. The van der Waals surface area contributed by atoms with Gasteiger partial charge in [-0.3, -0.25) is 4.79 Å². The highest BCUT2D eigenvalue weighted by Gasteiger charge is 2.24. The van der Waals surface area contributed by atoms with Crippen LogP contribution in [-0.2, 0) is 19.1 Å². The average molecular weight is 235 g/mol. The highest BCUT2D eigenvalue weighted by atomic mass is 16.5. The van der Waals surface area contributed by atoms with Crippen molar-refractivity contribution >= 4 is 11.9 Å². The number of carbonyl (C=O) groups is 2. The van der Waals surface area contributed by atoms with Crippen molar-refractivity contribution in [2.24, 2.45) is 0 Å². The van der Waals surface area contributed by atoms with Crippen molar-refractivity contribution in [1.29, 1.82) is 0 Å². The van der Waals surface area contributed by atoms with E-state index in [9.17, 15) is 9.59 Å². The average Bonchev–Trinajstić information content (AvgIpc) is 2.20. The third kappa shape index (κ3) is 6.33. The van der Waals surface area contributed by atoms with E-state index in [0.717, 1.165) is 0 Å². The van der Waals surface area contributed by atoms with Crippen LogP contribution < -0.4 is 5.32 Å². The van der Waals surface area contributed by atoms with E-state index >= 15 is 0 Å². The van der Waals surface area contributed by atoms with Gasteiger partial charge in [0.1, 0.15) is 6.61 Å². The second-order valence-electron chi connectivity index (χ2n) is 3.17. The Morgan fingerprint density at radius 1 is 1.38 bits per heavy atom. The molecule has 0 heterocycles. The number of hydrogen-bond acceptors (Lipinski definition) is 5. The van der Waals surface area contributed by atoms with Gasteiger partial charge in [-0.15, -0.1) is 0 Å². The maximum absolute atomic E-state index is 11.2. The quantitative estimate of drug-likeness (QED) is 0.447. The zero-order chi connectivity index (χ0) is 12.6. The molecular weight excluding hydrogens is 218 g/mol. The Hall–Kier alpha value is -1.18. The Bertz CT molecular complexity index is 230. The molecule has 0 aliphatic rings. The van der Waals surface area contributed by atoms with E-state index in [1.165, 1.54) is 14.0 Å². The minimum atomic E-state index is -1.32. The van der Waals surface area contributed by atoms with E-state index in [1.807, 2.05) is 0 Å². The Kier molecular flexibility index (Phi) is 7.44. The summed E-state index contributed by atoms with van der Waals surface area (Å²) in [5.74, 6) is -1.88. The van der Waals surface area contributed by atoms with Gasteiger partial charge in [0.2, 0.25) is 5.91 Å². The minimum Gasteiger partial charge on any atom is -0.480 e. The van der Waals surface area contributed by atoms with Crippen LogP contribution in [-0.4, -0.2) is 61.2 Å². The molecule has 2 unspecified atom stereocenters. The number of rotatable bonds is 8. The smallest absolute Gasteiger partial charge is 0.328 e. The van der Waals surface area contributed by atoms with Gasteiger partial charge in [0.15, 0.2) is 6.04 Å². The summed E-state index contributed by atoms with van der Waals surface area (Å²) >= 11 is 0. The van der Waals surface area contributed by atoms with Crippen molar-refractivity contribution in [3.05, 3.63) is 0 Å². The predicted octanol–water partition coefficient (Wildman–Crippen LogP) is -1.40. The first kappa shape index (κ1) is 14.8. The molecule has 0 aliphatic carbocycles. The van der Waals surface area contributed by atoms with Gasteiger partial charge in [0.05, 0.1) is 19.3 Å². The largest absolute Gasteiger partial charge is 0.480 e. The lowest BCUT2D eigenvalue weighted by Gasteiger charge is -2.16. The van der Waals surface area contributed by atoms with Gasteiger partial charge >= 0.3 is 5.97 Å². The molecule has 2 atom stereocenters. The monoisotopic (exact) mass is 235 g/mol. The number of aliphatic hydroxyl groups excluding tert-OH is 1. The molecule has 16 heavy (non-hydrogen) atoms. The summed E-state index contributed by atoms with van der Waals surface area (Å²) in [4.78, 5) is 21.8. The number of carbonyl (C=O) groups excluding carboxylic acids is 1. The molecule has 0 saturated carbocycles. The highest BCUT2D eigenvalue weighted by molar-refractivity contribution is 5.84. The van der Waals surface area contributed by atoms with Gasteiger partial charge < -0.3 is 25.0 Å². The molecule has 0 spiro atoms. The molecule has 0 aromatic carbocycles. The van der Waals surface area contributed by atoms with Crippen LogP contribution in [0.3, 0.4) is 0 Å². The number of carboxylic acids is 1. The summed E-state index contributed by atoms with van der Waals surface area (Å²) in [6, 6.07) is -1.32. The van der Waals surface area contributed by atoms with E-state index < -0.39 is 24.0 Å². The lowest BCUT2D eigenvalue weighted by molar-refractivity contribution is -0.145. The van der Waals surface area contributed by atoms with Crippen LogP contribution >= 0.6 is 0 Å². The second kappa shape index (κ2) is 8.03. The maximum atomic E-state index is 11.2. The molecule has 0 aromatic rings. The summed E-state index contributed by atoms with van der Waals surface area (Å²) in [5.41, 5.74) is 0. The first-order valence-electron chi connectivity index (χ1n) is 4.76. The van der Waals surface area contributed by atoms with Crippen molar-refractivity contribution in [3.8, 4) is 0 Å². The molecule has 7 nitrogen and oxygen atoms in total. The Morgan fingerprint density at radius 2 is 2.00 bits per heavy atom. The molecule has 7 heteroatoms. The standard InChI is InChI=1S/C9H17NO6/c1-6(11)8(9(13)14)10-7(12)5-16-4-3-15-2/h6,8,11H,3-5H2,1-2H3,(H,10,12)(H,13,14). The Labute approximate surface area is 93.3 Å². The van der Waals surface area contributed by atoms with Crippen LogP contribution in [0.1, 0.15) is 6.92 Å². The van der Waals surface area contributed by atoms with E-state index in [2.05, 4.69) is 5.32 Å². The lowest BCUT2D eigenvalue weighted by atomic mass is 10.2. The zero-order valence-corrected chi connectivity index (χ0v) is 9.30. The van der Waals surface area contributed by atoms with Gasteiger partial charge in [-0.1, -0.05) is 0 Å². The summed E-state index contributed by atoms with van der Waals surface area (Å²) in [5, 5.41) is 19.9. The normalized spacial score (nSPS) is 14.2. The van der Waals surface area contributed by atoms with E-state index in [0.29, 0.717) is 6.61 Å². The summed E-state index contributed by atoms with van der Waals surface area (Å²) in [6.07, 6.45) is -1.17. The van der Waals surface area contributed by atoms with Crippen LogP contribution in [0, 0.1) is 0 Å².